The summed E-state index contributed by atoms with van der Waals surface area (Å²) in [4.78, 5) is 12.8. The van der Waals surface area contributed by atoms with Crippen LogP contribution in [0.3, 0.4) is 0 Å². The third-order valence-electron chi connectivity index (χ3n) is 6.35. The number of halogens is 4. The Morgan fingerprint density at radius 3 is 2.85 bits per heavy atom. The lowest BCUT2D eigenvalue weighted by Gasteiger charge is -2.34. The predicted molar refractivity (Wildman–Crippen MR) is 120 cm³/mol. The van der Waals surface area contributed by atoms with E-state index in [-0.39, 0.29) is 18.9 Å². The third-order valence-corrected chi connectivity index (χ3v) is 6.73. The molecule has 0 radical (unpaired) electrons. The first-order valence-electron chi connectivity index (χ1n) is 11.5. The van der Waals surface area contributed by atoms with Crippen LogP contribution >= 0.6 is 11.6 Å². The van der Waals surface area contributed by atoms with Crippen LogP contribution in [0.5, 0.6) is 5.75 Å². The summed E-state index contributed by atoms with van der Waals surface area (Å²) in [5.41, 5.74) is 1.76. The second kappa shape index (κ2) is 9.57. The first kappa shape index (κ1) is 23.9. The summed E-state index contributed by atoms with van der Waals surface area (Å²) in [5.74, 6) is 1.12. The van der Waals surface area contributed by atoms with Gasteiger partial charge in [-0.05, 0) is 56.2 Å². The van der Waals surface area contributed by atoms with Crippen molar-refractivity contribution in [3.63, 3.8) is 0 Å². The Balaban J connectivity index is 1.34. The number of aryl methyl sites for hydroxylation is 2. The molecule has 9 heteroatoms. The number of ether oxygens (including phenoxy) is 1. The van der Waals surface area contributed by atoms with E-state index >= 15 is 0 Å². The van der Waals surface area contributed by atoms with Crippen LogP contribution < -0.4 is 10.1 Å². The molecule has 2 aromatic rings. The highest BCUT2D eigenvalue weighted by atomic mass is 35.5. The number of nitrogens with one attached hydrogen (secondary N) is 1. The molecule has 1 saturated carbocycles. The third kappa shape index (κ3) is 6.43. The molecule has 5 nitrogen and oxygen atoms in total. The number of amides is 1. The highest BCUT2D eigenvalue weighted by molar-refractivity contribution is 6.33. The van der Waals surface area contributed by atoms with Crippen molar-refractivity contribution in [2.24, 2.45) is 5.92 Å². The zero-order valence-corrected chi connectivity index (χ0v) is 19.4. The van der Waals surface area contributed by atoms with Gasteiger partial charge in [-0.3, -0.25) is 9.48 Å². The quantitative estimate of drug-likeness (QED) is 0.439. The fourth-order valence-corrected chi connectivity index (χ4v) is 4.59. The standard InChI is InChI=1S/C24H29ClF3N3O2/c1-23(11-8-17-4-2-5-18(14-17)33-13-3-10-24(26,27)28)15-19-20(22(32)29-23)21(25)31(30-19)12-9-16-6-7-16/h2,4-5,14,16H,3,6-13,15H2,1H3,(H,29,32)/t23-/m0/s1. The van der Waals surface area contributed by atoms with Gasteiger partial charge in [0.15, 0.2) is 0 Å². The molecular formula is C24H29ClF3N3O2. The van der Waals surface area contributed by atoms with Crippen molar-refractivity contribution in [3.05, 3.63) is 46.2 Å². The first-order chi connectivity index (χ1) is 15.6. The first-order valence-corrected chi connectivity index (χ1v) is 11.9. The summed E-state index contributed by atoms with van der Waals surface area (Å²) in [7, 11) is 0. The van der Waals surface area contributed by atoms with Crippen molar-refractivity contribution in [3.8, 4) is 5.75 Å². The maximum Gasteiger partial charge on any atom is 0.389 e. The number of carbonyl (C=O) groups excluding carboxylic acids is 1. The Morgan fingerprint density at radius 2 is 2.12 bits per heavy atom. The van der Waals surface area contributed by atoms with Crippen molar-refractivity contribution < 1.29 is 22.7 Å². The molecule has 0 saturated heterocycles. The van der Waals surface area contributed by atoms with Gasteiger partial charge >= 0.3 is 6.18 Å². The number of hydrogen-bond acceptors (Lipinski definition) is 3. The largest absolute Gasteiger partial charge is 0.494 e. The lowest BCUT2D eigenvalue weighted by molar-refractivity contribution is -0.136. The van der Waals surface area contributed by atoms with E-state index in [2.05, 4.69) is 10.4 Å². The molecule has 4 rings (SSSR count). The van der Waals surface area contributed by atoms with Gasteiger partial charge in [0.25, 0.3) is 5.91 Å². The minimum absolute atomic E-state index is 0.0175. The number of hydrogen-bond donors (Lipinski definition) is 1. The smallest absolute Gasteiger partial charge is 0.389 e. The van der Waals surface area contributed by atoms with Gasteiger partial charge in [-0.15, -0.1) is 0 Å². The molecule has 1 aliphatic carbocycles. The maximum absolute atomic E-state index is 12.8. The molecule has 0 spiro atoms. The van der Waals surface area contributed by atoms with Crippen LogP contribution in [0.1, 0.15) is 67.1 Å². The van der Waals surface area contributed by atoms with Crippen LogP contribution in [0.15, 0.2) is 24.3 Å². The van der Waals surface area contributed by atoms with E-state index in [9.17, 15) is 18.0 Å². The van der Waals surface area contributed by atoms with Crippen molar-refractivity contribution in [2.45, 2.75) is 76.6 Å². The van der Waals surface area contributed by atoms with Gasteiger partial charge in [0.2, 0.25) is 0 Å². The fraction of sp³-hybridized carbons (Fsp3) is 0.583. The van der Waals surface area contributed by atoms with E-state index < -0.39 is 18.1 Å². The molecule has 2 aliphatic rings. The van der Waals surface area contributed by atoms with Crippen molar-refractivity contribution in [1.82, 2.24) is 15.1 Å². The normalized spacial score (nSPS) is 20.5. The molecule has 1 aliphatic heterocycles. The predicted octanol–water partition coefficient (Wildman–Crippen LogP) is 5.74. The summed E-state index contributed by atoms with van der Waals surface area (Å²) in [6.07, 6.45) is 0.426. The number of aromatic nitrogens is 2. The van der Waals surface area contributed by atoms with Crippen LogP contribution in [0.25, 0.3) is 0 Å². The number of nitrogens with zero attached hydrogens (tertiary/aromatic N) is 2. The van der Waals surface area contributed by atoms with Crippen LogP contribution in [-0.4, -0.2) is 34.0 Å². The lowest BCUT2D eigenvalue weighted by Crippen LogP contribution is -2.51. The van der Waals surface area contributed by atoms with Gasteiger partial charge in [0.1, 0.15) is 10.9 Å². The Labute approximate surface area is 196 Å². The number of alkyl halides is 3. The number of rotatable bonds is 10. The molecule has 1 fully saturated rings. The summed E-state index contributed by atoms with van der Waals surface area (Å²) < 4.78 is 44.1. The van der Waals surface area contributed by atoms with Gasteiger partial charge in [-0.25, -0.2) is 0 Å². The minimum atomic E-state index is -4.16. The highest BCUT2D eigenvalue weighted by Crippen LogP contribution is 2.35. The van der Waals surface area contributed by atoms with E-state index in [0.717, 1.165) is 30.1 Å². The lowest BCUT2D eigenvalue weighted by atomic mass is 9.84. The van der Waals surface area contributed by atoms with E-state index in [1.165, 1.54) is 12.8 Å². The second-order valence-electron chi connectivity index (χ2n) is 9.47. The Hall–Kier alpha value is -2.22. The molecule has 1 aromatic carbocycles. The zero-order chi connectivity index (χ0) is 23.6. The van der Waals surface area contributed by atoms with E-state index in [1.807, 2.05) is 25.1 Å². The van der Waals surface area contributed by atoms with Gasteiger partial charge in [-0.2, -0.15) is 18.3 Å². The molecule has 1 aromatic heterocycles. The number of benzene rings is 1. The Bertz CT molecular complexity index is 1000. The molecule has 1 atom stereocenters. The van der Waals surface area contributed by atoms with E-state index in [1.54, 1.807) is 10.7 Å². The molecule has 180 valence electrons. The van der Waals surface area contributed by atoms with E-state index in [0.29, 0.717) is 35.7 Å². The van der Waals surface area contributed by atoms with Crippen molar-refractivity contribution in [2.75, 3.05) is 6.61 Å². The SMILES string of the molecule is C[C@]1(CCc2cccc(OCCCC(F)(F)F)c2)Cc2nn(CCC3CC3)c(Cl)c2C(=O)N1. The molecule has 1 amide bonds. The molecule has 2 heterocycles. The molecular weight excluding hydrogens is 455 g/mol. The van der Waals surface area contributed by atoms with Crippen molar-refractivity contribution >= 4 is 17.5 Å². The topological polar surface area (TPSA) is 56.2 Å². The number of carbonyl (C=O) groups is 1. The summed E-state index contributed by atoms with van der Waals surface area (Å²) in [5, 5.41) is 8.17. The number of fused-ring (bicyclic) bond motifs is 1. The molecule has 0 unspecified atom stereocenters. The summed E-state index contributed by atoms with van der Waals surface area (Å²) in [6, 6.07) is 7.36. The van der Waals surface area contributed by atoms with Crippen LogP contribution in [0.2, 0.25) is 5.15 Å². The summed E-state index contributed by atoms with van der Waals surface area (Å²) in [6.45, 7) is 2.75. The van der Waals surface area contributed by atoms with Crippen LogP contribution in [0.4, 0.5) is 13.2 Å². The molecule has 1 N–H and O–H groups in total. The van der Waals surface area contributed by atoms with Gasteiger partial charge in [0.05, 0.1) is 17.9 Å². The summed E-state index contributed by atoms with van der Waals surface area (Å²) >= 11 is 6.46. The average Bonchev–Trinajstić information content (AvgIpc) is 3.51. The second-order valence-corrected chi connectivity index (χ2v) is 9.83. The monoisotopic (exact) mass is 483 g/mol. The Morgan fingerprint density at radius 1 is 1.33 bits per heavy atom. The maximum atomic E-state index is 12.8. The minimum Gasteiger partial charge on any atom is -0.494 e. The Kier molecular flexibility index (Phi) is 6.93. The highest BCUT2D eigenvalue weighted by Gasteiger charge is 2.38. The van der Waals surface area contributed by atoms with Gasteiger partial charge in [-0.1, -0.05) is 36.6 Å². The van der Waals surface area contributed by atoms with Crippen molar-refractivity contribution in [1.29, 1.82) is 0 Å². The molecule has 33 heavy (non-hydrogen) atoms. The zero-order valence-electron chi connectivity index (χ0n) is 18.7. The van der Waals surface area contributed by atoms with Gasteiger partial charge in [0, 0.05) is 24.9 Å². The van der Waals surface area contributed by atoms with Crippen LogP contribution in [0, 0.1) is 5.92 Å². The molecule has 0 bridgehead atoms. The van der Waals surface area contributed by atoms with E-state index in [4.69, 9.17) is 16.3 Å². The fourth-order valence-electron chi connectivity index (χ4n) is 4.27. The van der Waals surface area contributed by atoms with Gasteiger partial charge < -0.3 is 10.1 Å². The van der Waals surface area contributed by atoms with Crippen LogP contribution in [-0.2, 0) is 19.4 Å². The average molecular weight is 484 g/mol.